The molecule has 0 atom stereocenters. The Balaban J connectivity index is 1.29. The fourth-order valence-electron chi connectivity index (χ4n) is 6.77. The summed E-state index contributed by atoms with van der Waals surface area (Å²) < 4.78 is 48.2. The van der Waals surface area contributed by atoms with Gasteiger partial charge in [-0.2, -0.15) is 0 Å². The third kappa shape index (κ3) is 4.17. The molecule has 0 N–H and O–H groups in total. The second kappa shape index (κ2) is 10.4. The molecular formula is C44H28O. The van der Waals surface area contributed by atoms with Crippen molar-refractivity contribution in [3.05, 3.63) is 170 Å². The lowest BCUT2D eigenvalue weighted by molar-refractivity contribution is 0.670. The van der Waals surface area contributed by atoms with Gasteiger partial charge in [0.1, 0.15) is 11.2 Å². The Hall–Kier alpha value is -5.92. The van der Waals surface area contributed by atoms with Gasteiger partial charge in [-0.3, -0.25) is 0 Å². The van der Waals surface area contributed by atoms with Crippen LogP contribution in [-0.2, 0) is 0 Å². The van der Waals surface area contributed by atoms with Gasteiger partial charge in [0.2, 0.25) is 0 Å². The predicted molar refractivity (Wildman–Crippen MR) is 190 cm³/mol. The van der Waals surface area contributed by atoms with E-state index in [2.05, 4.69) is 109 Å². The zero-order valence-corrected chi connectivity index (χ0v) is 24.2. The lowest BCUT2D eigenvalue weighted by atomic mass is 9.85. The van der Waals surface area contributed by atoms with Crippen molar-refractivity contribution in [2.24, 2.45) is 0 Å². The maximum absolute atomic E-state index is 8.60. The second-order valence-corrected chi connectivity index (χ2v) is 11.3. The molecule has 0 saturated heterocycles. The predicted octanol–water partition coefficient (Wildman–Crippen LogP) is 12.6. The number of fused-ring (bicyclic) bond motifs is 5. The van der Waals surface area contributed by atoms with Crippen molar-refractivity contribution in [2.45, 2.75) is 0 Å². The number of para-hydroxylation sites is 1. The van der Waals surface area contributed by atoms with Crippen LogP contribution in [0.1, 0.15) is 6.85 Å². The summed E-state index contributed by atoms with van der Waals surface area (Å²) in [5, 5.41) is 6.30. The molecule has 0 saturated carbocycles. The van der Waals surface area contributed by atoms with Gasteiger partial charge < -0.3 is 4.42 Å². The zero-order chi connectivity index (χ0) is 34.1. The molecule has 9 aromatic rings. The Kier molecular flexibility index (Phi) is 4.81. The molecule has 1 nitrogen and oxygen atoms in total. The van der Waals surface area contributed by atoms with Crippen molar-refractivity contribution < 1.29 is 11.3 Å². The molecule has 45 heavy (non-hydrogen) atoms. The van der Waals surface area contributed by atoms with Crippen LogP contribution in [-0.4, -0.2) is 0 Å². The maximum Gasteiger partial charge on any atom is 0.143 e. The highest BCUT2D eigenvalue weighted by molar-refractivity contribution is 6.22. The van der Waals surface area contributed by atoms with Crippen LogP contribution in [0.25, 0.3) is 88.0 Å². The Bertz CT molecular complexity index is 2730. The summed E-state index contributed by atoms with van der Waals surface area (Å²) in [5.74, 6) is 0. The van der Waals surface area contributed by atoms with Crippen LogP contribution in [0.5, 0.6) is 0 Å². The minimum absolute atomic E-state index is 0.129. The summed E-state index contributed by atoms with van der Waals surface area (Å²) >= 11 is 0. The quantitative estimate of drug-likeness (QED) is 0.190. The number of rotatable bonds is 4. The van der Waals surface area contributed by atoms with Crippen LogP contribution in [0.2, 0.25) is 0 Å². The molecule has 210 valence electrons. The van der Waals surface area contributed by atoms with Crippen LogP contribution in [0.3, 0.4) is 0 Å². The first-order valence-corrected chi connectivity index (χ1v) is 15.0. The van der Waals surface area contributed by atoms with Gasteiger partial charge in [0, 0.05) is 16.3 Å². The van der Waals surface area contributed by atoms with E-state index in [4.69, 9.17) is 11.3 Å². The summed E-state index contributed by atoms with van der Waals surface area (Å²) in [6.45, 7) is 0. The van der Waals surface area contributed by atoms with E-state index < -0.39 is 6.04 Å². The van der Waals surface area contributed by atoms with Crippen LogP contribution < -0.4 is 0 Å². The average Bonchev–Trinajstić information content (AvgIpc) is 3.54. The van der Waals surface area contributed by atoms with E-state index in [9.17, 15) is 0 Å². The number of furan rings is 1. The highest BCUT2D eigenvalue weighted by atomic mass is 16.3. The van der Waals surface area contributed by atoms with Gasteiger partial charge in [-0.05, 0) is 78.7 Å². The van der Waals surface area contributed by atoms with E-state index in [1.54, 1.807) is 6.07 Å². The third-order valence-corrected chi connectivity index (χ3v) is 8.74. The Labute approximate surface area is 268 Å². The van der Waals surface area contributed by atoms with E-state index in [1.807, 2.05) is 24.3 Å². The minimum atomic E-state index is -0.417. The van der Waals surface area contributed by atoms with Crippen LogP contribution in [0.4, 0.5) is 0 Å². The van der Waals surface area contributed by atoms with E-state index >= 15 is 0 Å². The monoisotopic (exact) mass is 577 g/mol. The van der Waals surface area contributed by atoms with Crippen molar-refractivity contribution in [1.82, 2.24) is 0 Å². The maximum atomic E-state index is 8.60. The van der Waals surface area contributed by atoms with Crippen molar-refractivity contribution >= 4 is 43.5 Å². The SMILES string of the molecule is [2H]c1c([2H])c([2H])c(-c2cccc3c2oc2ccc(-c4c5ccccc5c(-c5cccc(-c6ccccc6)c5)c5ccccc45)cc23)c([2H])c1[2H]. The normalized spacial score (nSPS) is 13.1. The molecule has 8 aromatic carbocycles. The van der Waals surface area contributed by atoms with E-state index in [0.29, 0.717) is 16.7 Å². The molecule has 9 rings (SSSR count). The fourth-order valence-corrected chi connectivity index (χ4v) is 6.77. The Morgan fingerprint density at radius 3 is 1.62 bits per heavy atom. The van der Waals surface area contributed by atoms with Crippen LogP contribution >= 0.6 is 0 Å². The summed E-state index contributed by atoms with van der Waals surface area (Å²) in [7, 11) is 0. The number of benzene rings is 8. The van der Waals surface area contributed by atoms with Crippen molar-refractivity contribution in [2.75, 3.05) is 0 Å². The standard InChI is InChI=1S/C44H28O/c1-3-13-29(14-4-1)31-17-11-18-32(27-31)42-35-19-7-9-21-37(35)43(38-22-10-8-20-36(38)42)33-25-26-41-40(28-33)39-24-12-23-34(44(39)45-41)30-15-5-2-6-16-30/h1-28H/i2D,5D,6D,15D,16D. The van der Waals surface area contributed by atoms with Gasteiger partial charge in [-0.1, -0.05) is 152 Å². The molecular weight excluding hydrogens is 544 g/mol. The van der Waals surface area contributed by atoms with Gasteiger partial charge in [-0.25, -0.2) is 0 Å². The molecule has 0 aliphatic rings. The molecule has 1 heteroatoms. The van der Waals surface area contributed by atoms with Gasteiger partial charge in [0.25, 0.3) is 0 Å². The van der Waals surface area contributed by atoms with Gasteiger partial charge in [0.15, 0.2) is 0 Å². The van der Waals surface area contributed by atoms with Gasteiger partial charge >= 0.3 is 0 Å². The summed E-state index contributed by atoms with van der Waals surface area (Å²) in [6.07, 6.45) is 0. The van der Waals surface area contributed by atoms with Crippen LogP contribution in [0.15, 0.2) is 174 Å². The zero-order valence-electron chi connectivity index (χ0n) is 29.2. The van der Waals surface area contributed by atoms with E-state index in [-0.39, 0.29) is 29.7 Å². The van der Waals surface area contributed by atoms with Gasteiger partial charge in [0.05, 0.1) is 6.85 Å². The summed E-state index contributed by atoms with van der Waals surface area (Å²) in [6, 6.07) is 46.5. The first-order chi connectivity index (χ1) is 24.4. The van der Waals surface area contributed by atoms with Crippen LogP contribution in [0, 0.1) is 0 Å². The molecule has 0 unspecified atom stereocenters. The smallest absolute Gasteiger partial charge is 0.143 e. The molecule has 1 heterocycles. The highest BCUT2D eigenvalue weighted by Gasteiger charge is 2.19. The fraction of sp³-hybridized carbons (Fsp3) is 0. The molecule has 0 spiro atoms. The number of hydrogen-bond acceptors (Lipinski definition) is 1. The van der Waals surface area contributed by atoms with Crippen molar-refractivity contribution in [3.8, 4) is 44.5 Å². The number of hydrogen-bond donors (Lipinski definition) is 0. The van der Waals surface area contributed by atoms with E-state index in [1.165, 1.54) is 16.7 Å². The molecule has 0 radical (unpaired) electrons. The largest absolute Gasteiger partial charge is 0.455 e. The van der Waals surface area contributed by atoms with E-state index in [0.717, 1.165) is 49.0 Å². The second-order valence-electron chi connectivity index (χ2n) is 11.3. The molecule has 0 aliphatic heterocycles. The summed E-state index contributed by atoms with van der Waals surface area (Å²) in [5.41, 5.74) is 8.59. The molecule has 0 amide bonds. The lowest BCUT2D eigenvalue weighted by Gasteiger charge is -2.18. The first-order valence-electron chi connectivity index (χ1n) is 17.5. The minimum Gasteiger partial charge on any atom is -0.455 e. The topological polar surface area (TPSA) is 13.1 Å². The van der Waals surface area contributed by atoms with Crippen molar-refractivity contribution in [3.63, 3.8) is 0 Å². The van der Waals surface area contributed by atoms with Gasteiger partial charge in [-0.15, -0.1) is 0 Å². The molecule has 0 fully saturated rings. The molecule has 0 aliphatic carbocycles. The third-order valence-electron chi connectivity index (χ3n) is 8.74. The molecule has 1 aromatic heterocycles. The molecule has 0 bridgehead atoms. The Morgan fingerprint density at radius 1 is 0.378 bits per heavy atom. The lowest BCUT2D eigenvalue weighted by Crippen LogP contribution is -1.91. The first kappa shape index (κ1) is 20.9. The van der Waals surface area contributed by atoms with Crippen molar-refractivity contribution in [1.29, 1.82) is 0 Å². The Morgan fingerprint density at radius 2 is 0.933 bits per heavy atom. The average molecular weight is 578 g/mol. The summed E-state index contributed by atoms with van der Waals surface area (Å²) in [4.78, 5) is 0. The highest BCUT2D eigenvalue weighted by Crippen LogP contribution is 2.45.